The lowest BCUT2D eigenvalue weighted by molar-refractivity contribution is -0.137. The molecule has 0 aliphatic heterocycles. The SMILES string of the molecule is CC(C)NC(=O)c1ccc(NC(C)CCC(=O)O)cc1. The highest BCUT2D eigenvalue weighted by Crippen LogP contribution is 2.12. The Morgan fingerprint density at radius 2 is 1.75 bits per heavy atom. The average Bonchev–Trinajstić information content (AvgIpc) is 2.36. The molecule has 0 aliphatic rings. The Bertz CT molecular complexity index is 455. The van der Waals surface area contributed by atoms with E-state index in [1.165, 1.54) is 0 Å². The average molecular weight is 278 g/mol. The molecule has 1 aromatic rings. The van der Waals surface area contributed by atoms with Crippen molar-refractivity contribution < 1.29 is 14.7 Å². The van der Waals surface area contributed by atoms with Gasteiger partial charge in [0, 0.05) is 29.8 Å². The predicted octanol–water partition coefficient (Wildman–Crippen LogP) is 2.49. The van der Waals surface area contributed by atoms with Crippen LogP contribution in [0.5, 0.6) is 0 Å². The van der Waals surface area contributed by atoms with Gasteiger partial charge in [-0.3, -0.25) is 9.59 Å². The number of carbonyl (C=O) groups is 2. The van der Waals surface area contributed by atoms with Crippen molar-refractivity contribution in [1.29, 1.82) is 0 Å². The molecule has 20 heavy (non-hydrogen) atoms. The Balaban J connectivity index is 2.54. The number of nitrogens with one attached hydrogen (secondary N) is 2. The second kappa shape index (κ2) is 7.53. The Kier molecular flexibility index (Phi) is 6.03. The molecular weight excluding hydrogens is 256 g/mol. The van der Waals surface area contributed by atoms with E-state index in [9.17, 15) is 9.59 Å². The van der Waals surface area contributed by atoms with E-state index in [0.717, 1.165) is 5.69 Å². The fourth-order valence-corrected chi connectivity index (χ4v) is 1.76. The number of anilines is 1. The number of hydrogen-bond acceptors (Lipinski definition) is 3. The first-order chi connectivity index (χ1) is 9.38. The topological polar surface area (TPSA) is 78.4 Å². The van der Waals surface area contributed by atoms with Crippen LogP contribution in [0.2, 0.25) is 0 Å². The number of aliphatic carboxylic acids is 1. The van der Waals surface area contributed by atoms with Gasteiger partial charge in [0.25, 0.3) is 5.91 Å². The molecule has 3 N–H and O–H groups in total. The minimum Gasteiger partial charge on any atom is -0.481 e. The molecule has 0 fully saturated rings. The van der Waals surface area contributed by atoms with E-state index < -0.39 is 5.97 Å². The maximum Gasteiger partial charge on any atom is 0.303 e. The first-order valence-electron chi connectivity index (χ1n) is 6.77. The fraction of sp³-hybridized carbons (Fsp3) is 0.467. The van der Waals surface area contributed by atoms with Gasteiger partial charge in [0.15, 0.2) is 0 Å². The van der Waals surface area contributed by atoms with Gasteiger partial charge in [-0.2, -0.15) is 0 Å². The van der Waals surface area contributed by atoms with Gasteiger partial charge in [-0.25, -0.2) is 0 Å². The van der Waals surface area contributed by atoms with Crippen molar-refractivity contribution in [3.05, 3.63) is 29.8 Å². The molecule has 0 bridgehead atoms. The highest BCUT2D eigenvalue weighted by Gasteiger charge is 2.08. The molecule has 1 aromatic carbocycles. The number of carboxylic acid groups (broad SMARTS) is 1. The van der Waals surface area contributed by atoms with Crippen molar-refractivity contribution >= 4 is 17.6 Å². The highest BCUT2D eigenvalue weighted by molar-refractivity contribution is 5.94. The van der Waals surface area contributed by atoms with E-state index >= 15 is 0 Å². The summed E-state index contributed by atoms with van der Waals surface area (Å²) in [5.41, 5.74) is 1.49. The summed E-state index contributed by atoms with van der Waals surface area (Å²) in [6, 6.07) is 7.34. The van der Waals surface area contributed by atoms with Gasteiger partial charge in [-0.1, -0.05) is 0 Å². The van der Waals surface area contributed by atoms with Gasteiger partial charge in [-0.05, 0) is 51.5 Å². The quantitative estimate of drug-likeness (QED) is 0.716. The van der Waals surface area contributed by atoms with E-state index in [1.54, 1.807) is 12.1 Å². The number of benzene rings is 1. The lowest BCUT2D eigenvalue weighted by Gasteiger charge is -2.14. The first kappa shape index (κ1) is 16.0. The summed E-state index contributed by atoms with van der Waals surface area (Å²) < 4.78 is 0. The molecule has 0 radical (unpaired) electrons. The van der Waals surface area contributed by atoms with Crippen LogP contribution in [0.4, 0.5) is 5.69 Å². The molecule has 0 aliphatic carbocycles. The van der Waals surface area contributed by atoms with Gasteiger partial charge < -0.3 is 15.7 Å². The summed E-state index contributed by atoms with van der Waals surface area (Å²) >= 11 is 0. The zero-order valence-electron chi connectivity index (χ0n) is 12.1. The smallest absolute Gasteiger partial charge is 0.303 e. The van der Waals surface area contributed by atoms with Crippen molar-refractivity contribution in [2.24, 2.45) is 0 Å². The molecule has 1 atom stereocenters. The van der Waals surface area contributed by atoms with Crippen LogP contribution in [-0.2, 0) is 4.79 Å². The predicted molar refractivity (Wildman–Crippen MR) is 79.0 cm³/mol. The molecule has 0 aromatic heterocycles. The number of hydrogen-bond donors (Lipinski definition) is 3. The molecule has 1 rings (SSSR count). The van der Waals surface area contributed by atoms with Gasteiger partial charge >= 0.3 is 5.97 Å². The van der Waals surface area contributed by atoms with Crippen molar-refractivity contribution in [1.82, 2.24) is 5.32 Å². The summed E-state index contributed by atoms with van der Waals surface area (Å²) in [5, 5.41) is 14.7. The minimum atomic E-state index is -0.792. The van der Waals surface area contributed by atoms with Crippen LogP contribution in [0.3, 0.4) is 0 Å². The largest absolute Gasteiger partial charge is 0.481 e. The second-order valence-electron chi connectivity index (χ2n) is 5.18. The van der Waals surface area contributed by atoms with E-state index in [1.807, 2.05) is 32.9 Å². The molecule has 5 nitrogen and oxygen atoms in total. The Morgan fingerprint density at radius 3 is 2.25 bits per heavy atom. The Labute approximate surface area is 119 Å². The molecule has 0 heterocycles. The van der Waals surface area contributed by atoms with Crippen LogP contribution in [0.1, 0.15) is 44.0 Å². The molecular formula is C15H22N2O3. The molecule has 0 saturated carbocycles. The Morgan fingerprint density at radius 1 is 1.15 bits per heavy atom. The number of carbonyl (C=O) groups excluding carboxylic acids is 1. The van der Waals surface area contributed by atoms with Gasteiger partial charge in [0.1, 0.15) is 0 Å². The third-order valence-electron chi connectivity index (χ3n) is 2.77. The van der Waals surface area contributed by atoms with Crippen LogP contribution in [0.15, 0.2) is 24.3 Å². The fourth-order valence-electron chi connectivity index (χ4n) is 1.76. The second-order valence-corrected chi connectivity index (χ2v) is 5.18. The third kappa shape index (κ3) is 5.73. The highest BCUT2D eigenvalue weighted by atomic mass is 16.4. The Hall–Kier alpha value is -2.04. The van der Waals surface area contributed by atoms with Crippen molar-refractivity contribution in [2.75, 3.05) is 5.32 Å². The van der Waals surface area contributed by atoms with Crippen molar-refractivity contribution in [3.8, 4) is 0 Å². The van der Waals surface area contributed by atoms with E-state index in [4.69, 9.17) is 5.11 Å². The zero-order valence-corrected chi connectivity index (χ0v) is 12.1. The molecule has 5 heteroatoms. The summed E-state index contributed by atoms with van der Waals surface area (Å²) in [6.07, 6.45) is 0.702. The summed E-state index contributed by atoms with van der Waals surface area (Å²) in [5.74, 6) is -0.884. The molecule has 1 amide bonds. The van der Waals surface area contributed by atoms with E-state index in [2.05, 4.69) is 10.6 Å². The normalized spacial score (nSPS) is 12.0. The van der Waals surface area contributed by atoms with Crippen LogP contribution in [0.25, 0.3) is 0 Å². The van der Waals surface area contributed by atoms with Gasteiger partial charge in [0.05, 0.1) is 0 Å². The summed E-state index contributed by atoms with van der Waals surface area (Å²) in [4.78, 5) is 22.3. The monoisotopic (exact) mass is 278 g/mol. The van der Waals surface area contributed by atoms with Crippen molar-refractivity contribution in [3.63, 3.8) is 0 Å². The molecule has 1 unspecified atom stereocenters. The van der Waals surface area contributed by atoms with Crippen molar-refractivity contribution in [2.45, 2.75) is 45.7 Å². The standard InChI is InChI=1S/C15H22N2O3/c1-10(2)16-15(20)12-5-7-13(8-6-12)17-11(3)4-9-14(18)19/h5-8,10-11,17H,4,9H2,1-3H3,(H,16,20)(H,18,19). The zero-order chi connectivity index (χ0) is 15.1. The molecule has 0 spiro atoms. The number of amides is 1. The first-order valence-corrected chi connectivity index (χ1v) is 6.77. The van der Waals surface area contributed by atoms with E-state index in [-0.39, 0.29) is 24.4 Å². The van der Waals surface area contributed by atoms with Crippen LogP contribution in [-0.4, -0.2) is 29.1 Å². The molecule has 0 saturated heterocycles. The third-order valence-corrected chi connectivity index (χ3v) is 2.77. The van der Waals surface area contributed by atoms with Gasteiger partial charge in [-0.15, -0.1) is 0 Å². The number of carboxylic acids is 1. The number of rotatable bonds is 7. The van der Waals surface area contributed by atoms with Crippen LogP contribution in [0, 0.1) is 0 Å². The summed E-state index contributed by atoms with van der Waals surface area (Å²) in [6.45, 7) is 5.76. The van der Waals surface area contributed by atoms with Gasteiger partial charge in [0.2, 0.25) is 0 Å². The summed E-state index contributed by atoms with van der Waals surface area (Å²) in [7, 11) is 0. The maximum atomic E-state index is 11.8. The lowest BCUT2D eigenvalue weighted by Crippen LogP contribution is -2.30. The van der Waals surface area contributed by atoms with E-state index in [0.29, 0.717) is 12.0 Å². The minimum absolute atomic E-state index is 0.0708. The lowest BCUT2D eigenvalue weighted by atomic mass is 10.1. The maximum absolute atomic E-state index is 11.8. The van der Waals surface area contributed by atoms with Crippen LogP contribution < -0.4 is 10.6 Å². The van der Waals surface area contributed by atoms with Crippen LogP contribution >= 0.6 is 0 Å². The molecule has 110 valence electrons.